The summed E-state index contributed by atoms with van der Waals surface area (Å²) >= 11 is 9.05. The van der Waals surface area contributed by atoms with E-state index in [0.717, 1.165) is 0 Å². The second-order valence-corrected chi connectivity index (χ2v) is 4.53. The molecule has 0 bridgehead atoms. The van der Waals surface area contributed by atoms with Crippen LogP contribution in [0.15, 0.2) is 16.6 Å². The van der Waals surface area contributed by atoms with E-state index in [-0.39, 0.29) is 17.4 Å². The second-order valence-electron chi connectivity index (χ2n) is 3.27. The van der Waals surface area contributed by atoms with Crippen molar-refractivity contribution in [1.29, 1.82) is 0 Å². The van der Waals surface area contributed by atoms with E-state index in [0.29, 0.717) is 9.50 Å². The lowest BCUT2D eigenvalue weighted by Crippen LogP contribution is -2.14. The highest BCUT2D eigenvalue weighted by atomic mass is 79.9. The molecule has 0 amide bonds. The first-order valence-corrected chi connectivity index (χ1v) is 5.55. The summed E-state index contributed by atoms with van der Waals surface area (Å²) in [4.78, 5) is 11.7. The zero-order valence-corrected chi connectivity index (χ0v) is 10.7. The van der Waals surface area contributed by atoms with Crippen molar-refractivity contribution in [3.63, 3.8) is 0 Å². The number of esters is 1. The summed E-state index contributed by atoms with van der Waals surface area (Å²) in [5.41, 5.74) is 6.20. The van der Waals surface area contributed by atoms with Gasteiger partial charge in [-0.3, -0.25) is 0 Å². The predicted octanol–water partition coefficient (Wildman–Crippen LogP) is 3.25. The fourth-order valence-electron chi connectivity index (χ4n) is 1.05. The second kappa shape index (κ2) is 4.86. The molecule has 1 rings (SSSR count). The van der Waals surface area contributed by atoms with Gasteiger partial charge in [-0.2, -0.15) is 0 Å². The van der Waals surface area contributed by atoms with E-state index < -0.39 is 5.97 Å². The molecule has 1 aromatic carbocycles. The lowest BCUT2D eigenvalue weighted by atomic mass is 10.2. The van der Waals surface area contributed by atoms with E-state index >= 15 is 0 Å². The standard InChI is InChI=1S/C10H11BrClNO2/c1-5(2)15-10(14)8-6(11)3-4-7(12)9(8)13/h3-5H,13H2,1-2H3. The quantitative estimate of drug-likeness (QED) is 0.672. The fourth-order valence-corrected chi connectivity index (χ4v) is 1.71. The highest BCUT2D eigenvalue weighted by Crippen LogP contribution is 2.30. The molecule has 0 aromatic heterocycles. The van der Waals surface area contributed by atoms with E-state index in [4.69, 9.17) is 22.1 Å². The Morgan fingerprint density at radius 3 is 2.67 bits per heavy atom. The average Bonchev–Trinajstić information content (AvgIpc) is 2.11. The van der Waals surface area contributed by atoms with Crippen molar-refractivity contribution < 1.29 is 9.53 Å². The third-order valence-corrected chi connectivity index (χ3v) is 2.68. The number of ether oxygens (including phenoxy) is 1. The molecule has 0 radical (unpaired) electrons. The van der Waals surface area contributed by atoms with Gasteiger partial charge in [0.2, 0.25) is 0 Å². The van der Waals surface area contributed by atoms with Gasteiger partial charge in [-0.1, -0.05) is 11.6 Å². The van der Waals surface area contributed by atoms with E-state index in [1.165, 1.54) is 0 Å². The lowest BCUT2D eigenvalue weighted by molar-refractivity contribution is 0.0378. The Kier molecular flexibility index (Phi) is 3.99. The molecular weight excluding hydrogens is 281 g/mol. The first-order chi connectivity index (χ1) is 6.93. The smallest absolute Gasteiger partial charge is 0.341 e. The van der Waals surface area contributed by atoms with Crippen molar-refractivity contribution in [1.82, 2.24) is 0 Å². The molecule has 0 saturated carbocycles. The van der Waals surface area contributed by atoms with Crippen LogP contribution in [0.1, 0.15) is 24.2 Å². The minimum Gasteiger partial charge on any atom is -0.459 e. The maximum Gasteiger partial charge on any atom is 0.341 e. The number of carbonyl (C=O) groups excluding carboxylic acids is 1. The molecule has 0 aliphatic carbocycles. The van der Waals surface area contributed by atoms with Crippen molar-refractivity contribution in [2.75, 3.05) is 5.73 Å². The van der Waals surface area contributed by atoms with Gasteiger partial charge in [0, 0.05) is 4.47 Å². The van der Waals surface area contributed by atoms with E-state index in [2.05, 4.69) is 15.9 Å². The van der Waals surface area contributed by atoms with Crippen LogP contribution in [0.25, 0.3) is 0 Å². The first-order valence-electron chi connectivity index (χ1n) is 4.38. The Balaban J connectivity index is 3.13. The number of hydrogen-bond donors (Lipinski definition) is 1. The molecule has 15 heavy (non-hydrogen) atoms. The van der Waals surface area contributed by atoms with Crippen LogP contribution >= 0.6 is 27.5 Å². The third kappa shape index (κ3) is 2.86. The molecule has 1 aromatic rings. The fraction of sp³-hybridized carbons (Fsp3) is 0.300. The number of rotatable bonds is 2. The molecule has 0 heterocycles. The zero-order chi connectivity index (χ0) is 11.6. The normalized spacial score (nSPS) is 10.5. The topological polar surface area (TPSA) is 52.3 Å². The number of halogens is 2. The number of carbonyl (C=O) groups is 1. The van der Waals surface area contributed by atoms with Gasteiger partial charge in [0.1, 0.15) is 0 Å². The Morgan fingerprint density at radius 1 is 1.53 bits per heavy atom. The lowest BCUT2D eigenvalue weighted by Gasteiger charge is -2.11. The van der Waals surface area contributed by atoms with Crippen molar-refractivity contribution >= 4 is 39.2 Å². The SMILES string of the molecule is CC(C)OC(=O)c1c(Br)ccc(Cl)c1N. The van der Waals surface area contributed by atoms with Gasteiger partial charge in [-0.25, -0.2) is 4.79 Å². The van der Waals surface area contributed by atoms with Crippen LogP contribution in [-0.2, 0) is 4.74 Å². The van der Waals surface area contributed by atoms with Gasteiger partial charge in [0.15, 0.2) is 0 Å². The summed E-state index contributed by atoms with van der Waals surface area (Å²) < 4.78 is 5.62. The molecule has 5 heteroatoms. The number of nitrogens with two attached hydrogens (primary N) is 1. The summed E-state index contributed by atoms with van der Waals surface area (Å²) in [6.45, 7) is 3.54. The first kappa shape index (κ1) is 12.3. The Bertz CT molecular complexity index is 393. The van der Waals surface area contributed by atoms with E-state index in [1.54, 1.807) is 26.0 Å². The van der Waals surface area contributed by atoms with Crippen LogP contribution in [0.3, 0.4) is 0 Å². The van der Waals surface area contributed by atoms with Gasteiger partial charge in [0.25, 0.3) is 0 Å². The average molecular weight is 293 g/mol. The molecule has 3 nitrogen and oxygen atoms in total. The van der Waals surface area contributed by atoms with Crippen molar-refractivity contribution in [2.24, 2.45) is 0 Å². The van der Waals surface area contributed by atoms with Crippen LogP contribution in [0.5, 0.6) is 0 Å². The van der Waals surface area contributed by atoms with Crippen LogP contribution in [0, 0.1) is 0 Å². The number of benzene rings is 1. The molecule has 2 N–H and O–H groups in total. The Hall–Kier alpha value is -0.740. The molecule has 0 aliphatic heterocycles. The molecule has 0 spiro atoms. The molecule has 0 aliphatic rings. The highest BCUT2D eigenvalue weighted by molar-refractivity contribution is 9.10. The Labute approximate surface area is 102 Å². The summed E-state index contributed by atoms with van der Waals surface area (Å²) in [6.07, 6.45) is -0.192. The van der Waals surface area contributed by atoms with Crippen molar-refractivity contribution in [3.05, 3.63) is 27.2 Å². The summed E-state index contributed by atoms with van der Waals surface area (Å²) in [6, 6.07) is 3.28. The number of nitrogen functional groups attached to an aromatic ring is 1. The Morgan fingerprint density at radius 2 is 2.13 bits per heavy atom. The summed E-state index contributed by atoms with van der Waals surface area (Å²) in [7, 11) is 0. The molecule has 0 fully saturated rings. The molecular formula is C10H11BrClNO2. The van der Waals surface area contributed by atoms with Gasteiger partial charge < -0.3 is 10.5 Å². The number of hydrogen-bond acceptors (Lipinski definition) is 3. The minimum absolute atomic E-state index is 0.192. The van der Waals surface area contributed by atoms with Gasteiger partial charge in [-0.05, 0) is 41.9 Å². The molecule has 0 unspecified atom stereocenters. The predicted molar refractivity (Wildman–Crippen MR) is 64.1 cm³/mol. The summed E-state index contributed by atoms with van der Waals surface area (Å²) in [5.74, 6) is -0.475. The van der Waals surface area contributed by atoms with Crippen molar-refractivity contribution in [2.45, 2.75) is 20.0 Å². The maximum atomic E-state index is 11.7. The van der Waals surface area contributed by atoms with E-state index in [9.17, 15) is 4.79 Å². The van der Waals surface area contributed by atoms with Gasteiger partial charge >= 0.3 is 5.97 Å². The minimum atomic E-state index is -0.475. The molecule has 0 saturated heterocycles. The maximum absolute atomic E-state index is 11.7. The zero-order valence-electron chi connectivity index (χ0n) is 8.38. The molecule has 0 atom stereocenters. The van der Waals surface area contributed by atoms with Crippen LogP contribution in [-0.4, -0.2) is 12.1 Å². The van der Waals surface area contributed by atoms with Crippen LogP contribution < -0.4 is 5.73 Å². The van der Waals surface area contributed by atoms with Crippen LogP contribution in [0.2, 0.25) is 5.02 Å². The van der Waals surface area contributed by atoms with Crippen LogP contribution in [0.4, 0.5) is 5.69 Å². The highest BCUT2D eigenvalue weighted by Gasteiger charge is 2.18. The van der Waals surface area contributed by atoms with Gasteiger partial charge in [0.05, 0.1) is 22.4 Å². The largest absolute Gasteiger partial charge is 0.459 e. The molecule has 82 valence electrons. The monoisotopic (exact) mass is 291 g/mol. The summed E-state index contributed by atoms with van der Waals surface area (Å²) in [5, 5.41) is 0.342. The van der Waals surface area contributed by atoms with Crippen molar-refractivity contribution in [3.8, 4) is 0 Å². The van der Waals surface area contributed by atoms with Gasteiger partial charge in [-0.15, -0.1) is 0 Å². The number of anilines is 1. The van der Waals surface area contributed by atoms with E-state index in [1.807, 2.05) is 0 Å². The third-order valence-electron chi connectivity index (χ3n) is 1.69.